The average molecular weight is 443 g/mol. The van der Waals surface area contributed by atoms with Crippen LogP contribution in [0.1, 0.15) is 24.8 Å². The second kappa shape index (κ2) is 10.9. The van der Waals surface area contributed by atoms with E-state index in [1.54, 1.807) is 6.20 Å². The number of hydrogen-bond acceptors (Lipinski definition) is 4. The van der Waals surface area contributed by atoms with Crippen molar-refractivity contribution in [1.29, 1.82) is 0 Å². The van der Waals surface area contributed by atoms with Gasteiger partial charge in [0.05, 0.1) is 0 Å². The van der Waals surface area contributed by atoms with Gasteiger partial charge in [0.2, 0.25) is 5.88 Å². The van der Waals surface area contributed by atoms with Gasteiger partial charge in [-0.25, -0.2) is 9.78 Å². The normalized spacial score (nSPS) is 14.4. The first-order valence-corrected chi connectivity index (χ1v) is 9.35. The number of carboxylic acid groups (broad SMARTS) is 1. The molecule has 0 radical (unpaired) electrons. The molecule has 27 heavy (non-hydrogen) atoms. The molecule has 1 aromatic carbocycles. The van der Waals surface area contributed by atoms with Crippen molar-refractivity contribution in [2.24, 2.45) is 0 Å². The molecule has 1 saturated heterocycles. The van der Waals surface area contributed by atoms with Crippen molar-refractivity contribution in [2.75, 3.05) is 13.1 Å². The largest absolute Gasteiger partial charge is 0.477 e. The van der Waals surface area contributed by atoms with Crippen LogP contribution in [0.3, 0.4) is 0 Å². The molecule has 1 N–H and O–H groups in total. The molecule has 2 aromatic rings. The molecule has 0 atom stereocenters. The highest BCUT2D eigenvalue weighted by atomic mass is 79.9. The molecule has 0 amide bonds. The Morgan fingerprint density at radius 2 is 1.93 bits per heavy atom. The Bertz CT molecular complexity index is 723. The fourth-order valence-corrected chi connectivity index (χ4v) is 2.86. The van der Waals surface area contributed by atoms with Gasteiger partial charge < -0.3 is 9.84 Å². The molecule has 8 heteroatoms. The number of alkyl halides is 2. The molecule has 0 spiro atoms. The van der Waals surface area contributed by atoms with Gasteiger partial charge in [-0.1, -0.05) is 18.6 Å². The summed E-state index contributed by atoms with van der Waals surface area (Å²) in [5.74, 6) is -0.609. The van der Waals surface area contributed by atoms with Crippen LogP contribution < -0.4 is 4.74 Å². The Morgan fingerprint density at radius 3 is 2.52 bits per heavy atom. The maximum Gasteiger partial charge on any atom is 0.371 e. The van der Waals surface area contributed by atoms with Crippen molar-refractivity contribution >= 4 is 21.9 Å². The molecule has 3 rings (SSSR count). The Labute approximate surface area is 165 Å². The van der Waals surface area contributed by atoms with Gasteiger partial charge >= 0.3 is 12.4 Å². The Hall–Kier alpha value is -2.06. The summed E-state index contributed by atoms with van der Waals surface area (Å²) in [6.07, 6.45) is 2.52. The minimum Gasteiger partial charge on any atom is -0.477 e. The van der Waals surface area contributed by atoms with Crippen LogP contribution in [-0.4, -0.2) is 40.5 Å². The number of aromatic nitrogens is 1. The van der Waals surface area contributed by atoms with E-state index in [2.05, 4.69) is 37.9 Å². The van der Waals surface area contributed by atoms with Crippen LogP contribution in [0.2, 0.25) is 0 Å². The van der Waals surface area contributed by atoms with Crippen LogP contribution in [0.25, 0.3) is 0 Å². The minimum absolute atomic E-state index is 0.619. The minimum atomic E-state index is -3.23. The van der Waals surface area contributed by atoms with Crippen LogP contribution in [0, 0.1) is 0 Å². The average Bonchev–Trinajstić information content (AvgIpc) is 2.65. The van der Waals surface area contributed by atoms with Gasteiger partial charge in [-0.15, -0.1) is 0 Å². The first kappa shape index (κ1) is 21.2. The number of hydrogen-bond donors (Lipinski definition) is 1. The summed E-state index contributed by atoms with van der Waals surface area (Å²) < 4.78 is 27.9. The highest BCUT2D eigenvalue weighted by molar-refractivity contribution is 9.10. The number of aliphatic carboxylic acids is 1. The molecule has 0 saturated carbocycles. The van der Waals surface area contributed by atoms with Gasteiger partial charge in [0.1, 0.15) is 5.75 Å². The topological polar surface area (TPSA) is 62.7 Å². The van der Waals surface area contributed by atoms with Crippen molar-refractivity contribution in [2.45, 2.75) is 32.2 Å². The summed E-state index contributed by atoms with van der Waals surface area (Å²) >= 11 is 3.37. The third-order valence-electron chi connectivity index (χ3n) is 3.86. The zero-order chi connectivity index (χ0) is 19.6. The molecule has 0 bridgehead atoms. The molecule has 1 fully saturated rings. The fourth-order valence-electron chi connectivity index (χ4n) is 2.63. The van der Waals surface area contributed by atoms with E-state index in [4.69, 9.17) is 14.6 Å². The second-order valence-electron chi connectivity index (χ2n) is 6.04. The van der Waals surface area contributed by atoms with Gasteiger partial charge in [-0.05, 0) is 65.6 Å². The van der Waals surface area contributed by atoms with Crippen LogP contribution in [0.15, 0.2) is 47.1 Å². The molecule has 1 aliphatic rings. The van der Waals surface area contributed by atoms with Crippen LogP contribution in [0.5, 0.6) is 11.6 Å². The Morgan fingerprint density at radius 1 is 1.22 bits per heavy atom. The first-order chi connectivity index (χ1) is 12.9. The molecule has 0 unspecified atom stereocenters. The quantitative estimate of drug-likeness (QED) is 0.708. The highest BCUT2D eigenvalue weighted by Gasteiger charge is 2.11. The van der Waals surface area contributed by atoms with Crippen molar-refractivity contribution in [3.63, 3.8) is 0 Å². The van der Waals surface area contributed by atoms with Crippen molar-refractivity contribution in [3.05, 3.63) is 52.6 Å². The number of piperidine rings is 1. The van der Waals surface area contributed by atoms with Gasteiger partial charge in [-0.2, -0.15) is 8.78 Å². The molecule has 5 nitrogen and oxygen atoms in total. The summed E-state index contributed by atoms with van der Waals surface area (Å²) in [7, 11) is 0. The molecule has 1 aromatic heterocycles. The lowest BCUT2D eigenvalue weighted by Gasteiger charge is -2.26. The van der Waals surface area contributed by atoms with E-state index >= 15 is 0 Å². The molecule has 1 aliphatic heterocycles. The number of halogens is 3. The number of benzene rings is 1. The van der Waals surface area contributed by atoms with Gasteiger partial charge in [0.25, 0.3) is 0 Å². The van der Waals surface area contributed by atoms with E-state index in [0.29, 0.717) is 5.88 Å². The SMILES string of the molecule is Brc1ccc(Oc2cccc(CN3CCCCC3)c2)nc1.O=C(O)C(F)F. The molecule has 146 valence electrons. The smallest absolute Gasteiger partial charge is 0.371 e. The second-order valence-corrected chi connectivity index (χ2v) is 6.96. The Balaban J connectivity index is 0.000000380. The third kappa shape index (κ3) is 8.01. The Kier molecular flexibility index (Phi) is 8.60. The highest BCUT2D eigenvalue weighted by Crippen LogP contribution is 2.23. The zero-order valence-corrected chi connectivity index (χ0v) is 16.2. The predicted molar refractivity (Wildman–Crippen MR) is 101 cm³/mol. The first-order valence-electron chi connectivity index (χ1n) is 8.55. The van der Waals surface area contributed by atoms with E-state index in [0.717, 1.165) is 16.8 Å². The maximum absolute atomic E-state index is 10.6. The number of rotatable bonds is 5. The number of likely N-dealkylation sites (tertiary alicyclic amines) is 1. The van der Waals surface area contributed by atoms with E-state index in [1.807, 2.05) is 24.3 Å². The van der Waals surface area contributed by atoms with E-state index in [1.165, 1.54) is 37.9 Å². The zero-order valence-electron chi connectivity index (χ0n) is 14.7. The number of pyridine rings is 1. The summed E-state index contributed by atoms with van der Waals surface area (Å²) in [5.41, 5.74) is 1.30. The standard InChI is InChI=1S/C17H19BrN2O.C2H2F2O2/c18-15-7-8-17(19-12-15)21-16-6-4-5-14(11-16)13-20-9-2-1-3-10-20;3-1(4)2(5)6/h4-8,11-12H,1-3,9-10,13H2;1H,(H,5,6). The van der Waals surface area contributed by atoms with Gasteiger partial charge in [-0.3, -0.25) is 4.90 Å². The van der Waals surface area contributed by atoms with Gasteiger partial charge in [0, 0.05) is 23.3 Å². The van der Waals surface area contributed by atoms with Crippen molar-refractivity contribution in [3.8, 4) is 11.6 Å². The van der Waals surface area contributed by atoms with Crippen LogP contribution in [0.4, 0.5) is 8.78 Å². The van der Waals surface area contributed by atoms with Crippen molar-refractivity contribution < 1.29 is 23.4 Å². The molecule has 2 heterocycles. The van der Waals surface area contributed by atoms with Crippen LogP contribution in [-0.2, 0) is 11.3 Å². The van der Waals surface area contributed by atoms with Crippen LogP contribution >= 0.6 is 15.9 Å². The fraction of sp³-hybridized carbons (Fsp3) is 0.368. The lowest BCUT2D eigenvalue weighted by atomic mass is 10.1. The van der Waals surface area contributed by atoms with E-state index in [9.17, 15) is 8.78 Å². The van der Waals surface area contributed by atoms with E-state index < -0.39 is 12.4 Å². The van der Waals surface area contributed by atoms with Crippen molar-refractivity contribution in [1.82, 2.24) is 9.88 Å². The molecular weight excluding hydrogens is 422 g/mol. The van der Waals surface area contributed by atoms with Gasteiger partial charge in [0.15, 0.2) is 0 Å². The molecular formula is C19H21BrF2N2O3. The van der Waals surface area contributed by atoms with E-state index in [-0.39, 0.29) is 0 Å². The third-order valence-corrected chi connectivity index (χ3v) is 4.33. The predicted octanol–water partition coefficient (Wildman–Crippen LogP) is 4.96. The summed E-state index contributed by atoms with van der Waals surface area (Å²) in [6, 6.07) is 12.1. The number of ether oxygens (including phenoxy) is 1. The monoisotopic (exact) mass is 442 g/mol. The molecule has 0 aliphatic carbocycles. The lowest BCUT2D eigenvalue weighted by molar-refractivity contribution is -0.149. The maximum atomic E-state index is 10.6. The summed E-state index contributed by atoms with van der Waals surface area (Å²) in [5, 5.41) is 7.24. The number of carbonyl (C=O) groups is 1. The lowest BCUT2D eigenvalue weighted by Crippen LogP contribution is -2.29. The summed E-state index contributed by atoms with van der Waals surface area (Å²) in [4.78, 5) is 15.7. The number of carboxylic acids is 1. The number of nitrogens with zero attached hydrogens (tertiary/aromatic N) is 2. The summed E-state index contributed by atoms with van der Waals surface area (Å²) in [6.45, 7) is 3.42.